The van der Waals surface area contributed by atoms with Gasteiger partial charge >= 0.3 is 0 Å². The van der Waals surface area contributed by atoms with Crippen LogP contribution in [0.25, 0.3) is 0 Å². The van der Waals surface area contributed by atoms with Gasteiger partial charge in [-0.25, -0.2) is 0 Å². The number of carbonyl (C=O) groups excluding carboxylic acids is 2. The molecule has 2 aromatic rings. The Morgan fingerprint density at radius 2 is 1.89 bits per heavy atom. The van der Waals surface area contributed by atoms with Gasteiger partial charge in [0.05, 0.1) is 0 Å². The third kappa shape index (κ3) is 4.44. The molecule has 0 bridgehead atoms. The molecule has 0 saturated carbocycles. The third-order valence-electron chi connectivity index (χ3n) is 4.69. The van der Waals surface area contributed by atoms with Crippen LogP contribution < -0.4 is 14.8 Å². The largest absolute Gasteiger partial charge is 0.483 e. The number of nitrogens with zero attached hydrogens (tertiary/aromatic N) is 1. The molecule has 3 rings (SSSR count). The van der Waals surface area contributed by atoms with Gasteiger partial charge < -0.3 is 19.7 Å². The Morgan fingerprint density at radius 1 is 1.18 bits per heavy atom. The Labute approximate surface area is 165 Å². The van der Waals surface area contributed by atoms with Crippen molar-refractivity contribution in [2.45, 2.75) is 32.4 Å². The number of carbonyl (C=O) groups is 2. The van der Waals surface area contributed by atoms with Gasteiger partial charge in [0.1, 0.15) is 5.60 Å². The van der Waals surface area contributed by atoms with Gasteiger partial charge in [0, 0.05) is 38.2 Å². The maximum absolute atomic E-state index is 12.5. The number of hydrogen-bond acceptors (Lipinski definition) is 4. The zero-order valence-corrected chi connectivity index (χ0v) is 16.7. The maximum Gasteiger partial charge on any atom is 0.260 e. The number of nitrogens with one attached hydrogen (secondary N) is 1. The second-order valence-electron chi connectivity index (χ2n) is 7.60. The van der Waals surface area contributed by atoms with Gasteiger partial charge in [-0.2, -0.15) is 0 Å². The first kappa shape index (κ1) is 19.7. The fraction of sp³-hybridized carbons (Fsp3) is 0.364. The molecule has 148 valence electrons. The number of benzene rings is 2. The van der Waals surface area contributed by atoms with Crippen molar-refractivity contribution >= 4 is 11.8 Å². The van der Waals surface area contributed by atoms with Crippen molar-refractivity contribution in [2.24, 2.45) is 0 Å². The van der Waals surface area contributed by atoms with Crippen LogP contribution in [0.2, 0.25) is 0 Å². The quantitative estimate of drug-likeness (QED) is 0.834. The van der Waals surface area contributed by atoms with Gasteiger partial charge in [0.25, 0.3) is 11.8 Å². The van der Waals surface area contributed by atoms with E-state index in [-0.39, 0.29) is 24.0 Å². The highest BCUT2D eigenvalue weighted by Crippen LogP contribution is 2.41. The van der Waals surface area contributed by atoms with Crippen LogP contribution in [0.1, 0.15) is 35.3 Å². The predicted molar refractivity (Wildman–Crippen MR) is 107 cm³/mol. The molecule has 2 aromatic carbocycles. The number of amides is 2. The molecule has 2 amide bonds. The molecule has 0 aliphatic carbocycles. The molecule has 28 heavy (non-hydrogen) atoms. The van der Waals surface area contributed by atoms with E-state index in [4.69, 9.17) is 9.47 Å². The lowest BCUT2D eigenvalue weighted by molar-refractivity contribution is -0.132. The Bertz CT molecular complexity index is 875. The first-order chi connectivity index (χ1) is 13.3. The van der Waals surface area contributed by atoms with E-state index >= 15 is 0 Å². The topological polar surface area (TPSA) is 67.9 Å². The summed E-state index contributed by atoms with van der Waals surface area (Å²) in [5.74, 6) is 1.06. The van der Waals surface area contributed by atoms with Crippen molar-refractivity contribution in [1.29, 1.82) is 0 Å². The highest BCUT2D eigenvalue weighted by atomic mass is 16.5. The molecule has 1 heterocycles. The molecule has 6 nitrogen and oxygen atoms in total. The van der Waals surface area contributed by atoms with Gasteiger partial charge in [0.15, 0.2) is 18.1 Å². The van der Waals surface area contributed by atoms with Crippen LogP contribution in [0.5, 0.6) is 11.5 Å². The summed E-state index contributed by atoms with van der Waals surface area (Å²) in [7, 11) is 3.32. The van der Waals surface area contributed by atoms with E-state index in [1.807, 2.05) is 44.2 Å². The molecule has 0 spiro atoms. The molecule has 6 heteroatoms. The highest BCUT2D eigenvalue weighted by molar-refractivity contribution is 5.93. The zero-order valence-electron chi connectivity index (χ0n) is 16.7. The lowest BCUT2D eigenvalue weighted by Gasteiger charge is -2.20. The van der Waals surface area contributed by atoms with Crippen LogP contribution in [0.3, 0.4) is 0 Å². The van der Waals surface area contributed by atoms with Crippen LogP contribution in [0.15, 0.2) is 42.5 Å². The molecular weight excluding hydrogens is 356 g/mol. The smallest absolute Gasteiger partial charge is 0.260 e. The second kappa shape index (κ2) is 7.92. The molecule has 0 unspecified atom stereocenters. The second-order valence-corrected chi connectivity index (χ2v) is 7.60. The average Bonchev–Trinajstić information content (AvgIpc) is 3.00. The van der Waals surface area contributed by atoms with Crippen LogP contribution in [0.4, 0.5) is 0 Å². The molecular formula is C22H26N2O4. The van der Waals surface area contributed by atoms with Crippen molar-refractivity contribution in [2.75, 3.05) is 20.7 Å². The fourth-order valence-electron chi connectivity index (χ4n) is 3.22. The average molecular weight is 382 g/mol. The zero-order chi connectivity index (χ0) is 20.3. The van der Waals surface area contributed by atoms with Crippen molar-refractivity contribution in [3.8, 4) is 11.5 Å². The minimum absolute atomic E-state index is 0.0624. The minimum atomic E-state index is -0.260. The van der Waals surface area contributed by atoms with E-state index < -0.39 is 0 Å². The standard InChI is InChI=1S/C22H26N2O4/c1-22(2)12-17-6-5-7-18(20(17)28-22)27-14-19(25)24(4)13-15-8-10-16(11-9-15)21(26)23-3/h5-11H,12-14H2,1-4H3,(H,23,26). The van der Waals surface area contributed by atoms with Crippen LogP contribution in [-0.4, -0.2) is 43.0 Å². The highest BCUT2D eigenvalue weighted by Gasteiger charge is 2.32. The number of ether oxygens (including phenoxy) is 2. The number of hydrogen-bond donors (Lipinski definition) is 1. The van der Waals surface area contributed by atoms with Crippen LogP contribution >= 0.6 is 0 Å². The fourth-order valence-corrected chi connectivity index (χ4v) is 3.22. The van der Waals surface area contributed by atoms with E-state index in [0.29, 0.717) is 17.9 Å². The van der Waals surface area contributed by atoms with Crippen molar-refractivity contribution in [3.63, 3.8) is 0 Å². The van der Waals surface area contributed by atoms with Crippen molar-refractivity contribution < 1.29 is 19.1 Å². The third-order valence-corrected chi connectivity index (χ3v) is 4.69. The molecule has 0 atom stereocenters. The Kier molecular flexibility index (Phi) is 5.58. The summed E-state index contributed by atoms with van der Waals surface area (Å²) in [4.78, 5) is 25.7. The number of rotatable bonds is 6. The number of fused-ring (bicyclic) bond motifs is 1. The lowest BCUT2D eigenvalue weighted by Crippen LogP contribution is -2.31. The molecule has 0 radical (unpaired) electrons. The number of para-hydroxylation sites is 1. The summed E-state index contributed by atoms with van der Waals surface area (Å²) in [6.07, 6.45) is 0.819. The monoisotopic (exact) mass is 382 g/mol. The van der Waals surface area contributed by atoms with Crippen molar-refractivity contribution in [3.05, 3.63) is 59.2 Å². The molecule has 0 fully saturated rings. The lowest BCUT2D eigenvalue weighted by atomic mass is 10.0. The predicted octanol–water partition coefficient (Wildman–Crippen LogP) is 2.80. The van der Waals surface area contributed by atoms with Crippen LogP contribution in [-0.2, 0) is 17.8 Å². The summed E-state index contributed by atoms with van der Waals surface area (Å²) >= 11 is 0. The molecule has 0 saturated heterocycles. The molecule has 0 aromatic heterocycles. The first-order valence-electron chi connectivity index (χ1n) is 9.28. The SMILES string of the molecule is CNC(=O)c1ccc(CN(C)C(=O)COc2cccc3c2OC(C)(C)C3)cc1. The summed E-state index contributed by atoms with van der Waals surface area (Å²) < 4.78 is 11.7. The summed E-state index contributed by atoms with van der Waals surface area (Å²) in [5, 5.41) is 2.58. The van der Waals surface area contributed by atoms with E-state index in [1.165, 1.54) is 0 Å². The van der Waals surface area contributed by atoms with Gasteiger partial charge in [0.2, 0.25) is 0 Å². The Hall–Kier alpha value is -3.02. The van der Waals surface area contributed by atoms with E-state index in [0.717, 1.165) is 23.3 Å². The summed E-state index contributed by atoms with van der Waals surface area (Å²) in [5.41, 5.74) is 2.36. The van der Waals surface area contributed by atoms with E-state index in [1.54, 1.807) is 31.1 Å². The summed E-state index contributed by atoms with van der Waals surface area (Å²) in [6, 6.07) is 12.9. The van der Waals surface area contributed by atoms with Crippen LogP contribution in [0, 0.1) is 0 Å². The Balaban J connectivity index is 1.57. The van der Waals surface area contributed by atoms with Gasteiger partial charge in [-0.1, -0.05) is 24.3 Å². The minimum Gasteiger partial charge on any atom is -0.483 e. The summed E-state index contributed by atoms with van der Waals surface area (Å²) in [6.45, 7) is 4.44. The normalized spacial score (nSPS) is 14.0. The van der Waals surface area contributed by atoms with Gasteiger partial charge in [-0.15, -0.1) is 0 Å². The first-order valence-corrected chi connectivity index (χ1v) is 9.28. The van der Waals surface area contributed by atoms with Gasteiger partial charge in [-0.05, 0) is 37.6 Å². The maximum atomic E-state index is 12.5. The molecule has 1 aliphatic heterocycles. The van der Waals surface area contributed by atoms with E-state index in [9.17, 15) is 9.59 Å². The molecule has 1 N–H and O–H groups in total. The van der Waals surface area contributed by atoms with E-state index in [2.05, 4.69) is 5.32 Å². The molecule has 1 aliphatic rings. The number of likely N-dealkylation sites (N-methyl/N-ethyl adjacent to an activating group) is 1. The Morgan fingerprint density at radius 3 is 2.57 bits per heavy atom. The van der Waals surface area contributed by atoms with Gasteiger partial charge in [-0.3, -0.25) is 9.59 Å². The van der Waals surface area contributed by atoms with Crippen molar-refractivity contribution in [1.82, 2.24) is 10.2 Å².